The Bertz CT molecular complexity index is 1010. The first-order valence-electron chi connectivity index (χ1n) is 8.86. The Morgan fingerprint density at radius 1 is 1.17 bits per heavy atom. The number of aromatic nitrogens is 3. The van der Waals surface area contributed by atoms with E-state index in [1.54, 1.807) is 13.1 Å². The van der Waals surface area contributed by atoms with Gasteiger partial charge in [-0.3, -0.25) is 14.2 Å². The lowest BCUT2D eigenvalue weighted by atomic mass is 10.2. The highest BCUT2D eigenvalue weighted by Crippen LogP contribution is 2.22. The summed E-state index contributed by atoms with van der Waals surface area (Å²) in [6.45, 7) is 2.76. The van der Waals surface area contributed by atoms with Gasteiger partial charge in [-0.1, -0.05) is 23.7 Å². The van der Waals surface area contributed by atoms with E-state index < -0.39 is 0 Å². The molecule has 3 aromatic rings. The Hall–Kier alpha value is -2.40. The van der Waals surface area contributed by atoms with Crippen LogP contribution in [0.1, 0.15) is 17.8 Å². The first kappa shape index (κ1) is 22.9. The topological polar surface area (TPSA) is 95.7 Å². The van der Waals surface area contributed by atoms with E-state index >= 15 is 0 Å². The highest BCUT2D eigenvalue weighted by Gasteiger charge is 2.08. The molecule has 1 amide bonds. The molecule has 2 aromatic heterocycles. The van der Waals surface area contributed by atoms with Gasteiger partial charge in [0, 0.05) is 36.9 Å². The minimum absolute atomic E-state index is 0. The van der Waals surface area contributed by atoms with Crippen molar-refractivity contribution in [2.45, 2.75) is 19.9 Å². The van der Waals surface area contributed by atoms with E-state index in [0.29, 0.717) is 30.5 Å². The molecule has 0 bridgehead atoms. The van der Waals surface area contributed by atoms with Gasteiger partial charge < -0.3 is 16.0 Å². The van der Waals surface area contributed by atoms with E-state index in [1.807, 2.05) is 47.9 Å². The molecule has 0 aliphatic rings. The quantitative estimate of drug-likeness (QED) is 0.260. The molecule has 154 valence electrons. The van der Waals surface area contributed by atoms with Gasteiger partial charge in [0.1, 0.15) is 0 Å². The smallest absolute Gasteiger partial charge is 0.226 e. The van der Waals surface area contributed by atoms with E-state index in [-0.39, 0.29) is 29.9 Å². The molecule has 8 nitrogen and oxygen atoms in total. The Balaban J connectivity index is 0.00000300. The lowest BCUT2D eigenvalue weighted by Gasteiger charge is -2.12. The number of nitrogens with one attached hydrogen (secondary N) is 3. The number of anilines is 1. The molecule has 3 N–H and O–H groups in total. The Morgan fingerprint density at radius 2 is 2.00 bits per heavy atom. The van der Waals surface area contributed by atoms with Gasteiger partial charge in [0.15, 0.2) is 17.4 Å². The van der Waals surface area contributed by atoms with Crippen molar-refractivity contribution in [1.29, 1.82) is 0 Å². The van der Waals surface area contributed by atoms with E-state index in [9.17, 15) is 4.79 Å². The Labute approximate surface area is 191 Å². The van der Waals surface area contributed by atoms with Crippen molar-refractivity contribution in [3.63, 3.8) is 0 Å². The van der Waals surface area contributed by atoms with Gasteiger partial charge in [-0.15, -0.1) is 34.2 Å². The maximum absolute atomic E-state index is 12.2. The second-order valence-electron chi connectivity index (χ2n) is 6.11. The molecule has 0 saturated carbocycles. The van der Waals surface area contributed by atoms with Crippen LogP contribution >= 0.6 is 35.6 Å². The van der Waals surface area contributed by atoms with Crippen LogP contribution in [0, 0.1) is 6.92 Å². The number of guanidine groups is 1. The van der Waals surface area contributed by atoms with Crippen LogP contribution in [0.3, 0.4) is 0 Å². The van der Waals surface area contributed by atoms with Crippen molar-refractivity contribution < 1.29 is 4.79 Å². The van der Waals surface area contributed by atoms with E-state index in [4.69, 9.17) is 11.6 Å². The first-order valence-corrected chi connectivity index (χ1v) is 9.24. The van der Waals surface area contributed by atoms with Crippen molar-refractivity contribution in [2.24, 2.45) is 4.99 Å². The molecule has 0 spiro atoms. The molecular weight excluding hydrogens is 505 g/mol. The van der Waals surface area contributed by atoms with Gasteiger partial charge in [-0.05, 0) is 36.8 Å². The minimum Gasteiger partial charge on any atom is -0.356 e. The van der Waals surface area contributed by atoms with E-state index in [0.717, 1.165) is 22.7 Å². The molecule has 0 unspecified atom stereocenters. The maximum atomic E-state index is 12.2. The number of nitrogens with zero attached hydrogens (tertiary/aromatic N) is 4. The van der Waals surface area contributed by atoms with Gasteiger partial charge >= 0.3 is 0 Å². The summed E-state index contributed by atoms with van der Waals surface area (Å²) >= 11 is 6.08. The predicted octanol–water partition coefficient (Wildman–Crippen LogP) is 3.00. The van der Waals surface area contributed by atoms with Crippen molar-refractivity contribution in [2.75, 3.05) is 18.9 Å². The molecule has 29 heavy (non-hydrogen) atoms. The fourth-order valence-electron chi connectivity index (χ4n) is 2.64. The minimum atomic E-state index is -0.100. The number of halogens is 2. The molecule has 1 aromatic carbocycles. The molecule has 0 aliphatic heterocycles. The predicted molar refractivity (Wildman–Crippen MR) is 126 cm³/mol. The summed E-state index contributed by atoms with van der Waals surface area (Å²) < 4.78 is 1.90. The number of benzene rings is 1. The number of aliphatic imine (C=N–C) groups is 1. The summed E-state index contributed by atoms with van der Waals surface area (Å²) in [5.74, 6) is 1.25. The second-order valence-corrected chi connectivity index (χ2v) is 6.52. The number of rotatable bonds is 6. The van der Waals surface area contributed by atoms with Crippen LogP contribution in [0.2, 0.25) is 5.02 Å². The Kier molecular flexibility index (Phi) is 8.65. The number of hydrogen-bond acceptors (Lipinski definition) is 4. The van der Waals surface area contributed by atoms with Gasteiger partial charge in [0.2, 0.25) is 5.91 Å². The molecule has 2 heterocycles. The fraction of sp³-hybridized carbons (Fsp3) is 0.263. The van der Waals surface area contributed by atoms with Crippen molar-refractivity contribution in [3.05, 3.63) is 59.0 Å². The summed E-state index contributed by atoms with van der Waals surface area (Å²) in [5, 5.41) is 18.1. The van der Waals surface area contributed by atoms with Crippen LogP contribution in [0.15, 0.2) is 47.6 Å². The molecule has 10 heteroatoms. The second kappa shape index (κ2) is 11.0. The zero-order chi connectivity index (χ0) is 19.9. The van der Waals surface area contributed by atoms with Crippen LogP contribution in [-0.4, -0.2) is 40.1 Å². The molecular formula is C19H23ClIN7O. The average Bonchev–Trinajstić information content (AvgIpc) is 3.11. The summed E-state index contributed by atoms with van der Waals surface area (Å²) in [7, 11) is 1.67. The maximum Gasteiger partial charge on any atom is 0.226 e. The molecule has 0 fully saturated rings. The standard InChI is InChI=1S/C19H22ClN7O.HI/c1-13-14(20)6-5-7-15(13)24-18(28)9-10-22-19(21-2)23-12-17-26-25-16-8-3-4-11-27(16)17;/h3-8,11H,9-10,12H2,1-2H3,(H,24,28)(H2,21,22,23);1H. The third-order valence-electron chi connectivity index (χ3n) is 4.21. The van der Waals surface area contributed by atoms with Gasteiger partial charge in [-0.2, -0.15) is 0 Å². The Morgan fingerprint density at radius 3 is 2.79 bits per heavy atom. The number of pyridine rings is 1. The van der Waals surface area contributed by atoms with Gasteiger partial charge in [0.25, 0.3) is 0 Å². The van der Waals surface area contributed by atoms with Crippen LogP contribution in [0.4, 0.5) is 5.69 Å². The van der Waals surface area contributed by atoms with Crippen LogP contribution in [0.5, 0.6) is 0 Å². The molecule has 3 rings (SSSR count). The van der Waals surface area contributed by atoms with Crippen LogP contribution in [0.25, 0.3) is 5.65 Å². The molecule has 0 atom stereocenters. The van der Waals surface area contributed by atoms with E-state index in [1.165, 1.54) is 0 Å². The SMILES string of the molecule is CN=C(NCCC(=O)Nc1cccc(Cl)c1C)NCc1nnc2ccccn12.I. The van der Waals surface area contributed by atoms with Crippen molar-refractivity contribution >= 4 is 58.8 Å². The molecule has 0 radical (unpaired) electrons. The van der Waals surface area contributed by atoms with E-state index in [2.05, 4.69) is 31.1 Å². The number of amides is 1. The van der Waals surface area contributed by atoms with Crippen molar-refractivity contribution in [3.8, 4) is 0 Å². The number of fused-ring (bicyclic) bond motifs is 1. The molecule has 0 saturated heterocycles. The molecule has 0 aliphatic carbocycles. The normalized spacial score (nSPS) is 11.1. The number of hydrogen-bond donors (Lipinski definition) is 3. The highest BCUT2D eigenvalue weighted by molar-refractivity contribution is 14.0. The number of carbonyl (C=O) groups excluding carboxylic acids is 1. The largest absolute Gasteiger partial charge is 0.356 e. The van der Waals surface area contributed by atoms with Crippen molar-refractivity contribution in [1.82, 2.24) is 25.2 Å². The lowest BCUT2D eigenvalue weighted by Crippen LogP contribution is -2.38. The third-order valence-corrected chi connectivity index (χ3v) is 4.62. The van der Waals surface area contributed by atoms with Gasteiger partial charge in [-0.25, -0.2) is 0 Å². The summed E-state index contributed by atoms with van der Waals surface area (Å²) in [6.07, 6.45) is 2.20. The lowest BCUT2D eigenvalue weighted by molar-refractivity contribution is -0.116. The number of carbonyl (C=O) groups is 1. The highest BCUT2D eigenvalue weighted by atomic mass is 127. The summed E-state index contributed by atoms with van der Waals surface area (Å²) in [5.41, 5.74) is 2.36. The van der Waals surface area contributed by atoms with Crippen LogP contribution in [-0.2, 0) is 11.3 Å². The van der Waals surface area contributed by atoms with Gasteiger partial charge in [0.05, 0.1) is 6.54 Å². The zero-order valence-corrected chi connectivity index (χ0v) is 19.2. The first-order chi connectivity index (χ1) is 13.6. The fourth-order valence-corrected chi connectivity index (χ4v) is 2.82. The third kappa shape index (κ3) is 6.04. The zero-order valence-electron chi connectivity index (χ0n) is 16.1. The average molecular weight is 528 g/mol. The monoisotopic (exact) mass is 527 g/mol. The summed E-state index contributed by atoms with van der Waals surface area (Å²) in [6, 6.07) is 11.2. The summed E-state index contributed by atoms with van der Waals surface area (Å²) in [4.78, 5) is 16.3. The van der Waals surface area contributed by atoms with Crippen LogP contribution < -0.4 is 16.0 Å².